The van der Waals surface area contributed by atoms with Gasteiger partial charge in [0, 0.05) is 6.54 Å². The highest BCUT2D eigenvalue weighted by molar-refractivity contribution is 5.87. The van der Waals surface area contributed by atoms with Crippen molar-refractivity contribution >= 4 is 11.9 Å². The van der Waals surface area contributed by atoms with Crippen molar-refractivity contribution in [3.8, 4) is 0 Å². The number of rotatable bonds is 3. The Morgan fingerprint density at radius 3 is 2.80 bits per heavy atom. The van der Waals surface area contributed by atoms with Gasteiger partial charge in [-0.25, -0.2) is 4.79 Å². The van der Waals surface area contributed by atoms with E-state index in [0.29, 0.717) is 12.5 Å². The number of likely N-dealkylation sites (tertiary alicyclic amines) is 1. The van der Waals surface area contributed by atoms with Crippen LogP contribution < -0.4 is 5.32 Å². The van der Waals surface area contributed by atoms with Crippen molar-refractivity contribution in [2.24, 2.45) is 5.92 Å². The van der Waals surface area contributed by atoms with Crippen molar-refractivity contribution < 1.29 is 14.3 Å². The van der Waals surface area contributed by atoms with Crippen LogP contribution in [-0.2, 0) is 14.3 Å². The molecule has 2 heterocycles. The molecular formula is C15H26N2O3. The first kappa shape index (κ1) is 15.3. The molecule has 2 fully saturated rings. The van der Waals surface area contributed by atoms with Gasteiger partial charge in [0.15, 0.2) is 0 Å². The Morgan fingerprint density at radius 1 is 1.30 bits per heavy atom. The van der Waals surface area contributed by atoms with Crippen LogP contribution in [0.2, 0.25) is 0 Å². The molecule has 20 heavy (non-hydrogen) atoms. The van der Waals surface area contributed by atoms with E-state index in [2.05, 4.69) is 12.2 Å². The number of methoxy groups -OCH3 is 1. The molecule has 3 unspecified atom stereocenters. The van der Waals surface area contributed by atoms with Gasteiger partial charge in [0.1, 0.15) is 6.04 Å². The van der Waals surface area contributed by atoms with Gasteiger partial charge in [-0.2, -0.15) is 0 Å². The summed E-state index contributed by atoms with van der Waals surface area (Å²) in [6.45, 7) is 3.74. The first-order valence-corrected chi connectivity index (χ1v) is 7.79. The molecule has 0 radical (unpaired) electrons. The predicted octanol–water partition coefficient (Wildman–Crippen LogP) is 1.32. The van der Waals surface area contributed by atoms with E-state index in [1.807, 2.05) is 0 Å². The molecule has 0 aromatic heterocycles. The summed E-state index contributed by atoms with van der Waals surface area (Å²) in [7, 11) is 1.39. The third kappa shape index (κ3) is 3.32. The summed E-state index contributed by atoms with van der Waals surface area (Å²) in [5, 5.41) is 3.31. The third-order valence-corrected chi connectivity index (χ3v) is 4.65. The number of ether oxygens (including phenoxy) is 1. The molecular weight excluding hydrogens is 256 g/mol. The topological polar surface area (TPSA) is 58.6 Å². The van der Waals surface area contributed by atoms with Gasteiger partial charge in [0.05, 0.1) is 13.2 Å². The molecule has 2 aliphatic rings. The van der Waals surface area contributed by atoms with E-state index in [-0.39, 0.29) is 24.0 Å². The van der Waals surface area contributed by atoms with Crippen molar-refractivity contribution in [1.29, 1.82) is 0 Å². The van der Waals surface area contributed by atoms with Crippen molar-refractivity contribution in [3.63, 3.8) is 0 Å². The van der Waals surface area contributed by atoms with Crippen LogP contribution in [0.3, 0.4) is 0 Å². The van der Waals surface area contributed by atoms with E-state index in [9.17, 15) is 9.59 Å². The van der Waals surface area contributed by atoms with Gasteiger partial charge in [-0.3, -0.25) is 4.79 Å². The van der Waals surface area contributed by atoms with Crippen molar-refractivity contribution in [3.05, 3.63) is 0 Å². The number of amides is 1. The summed E-state index contributed by atoms with van der Waals surface area (Å²) in [6, 6.07) is -0.510. The van der Waals surface area contributed by atoms with Gasteiger partial charge in [0.25, 0.3) is 0 Å². The fourth-order valence-electron chi connectivity index (χ4n) is 3.33. The number of nitrogens with zero attached hydrogens (tertiary/aromatic N) is 1. The fourth-order valence-corrected chi connectivity index (χ4v) is 3.33. The highest BCUT2D eigenvalue weighted by atomic mass is 16.5. The average Bonchev–Trinajstić information content (AvgIpc) is 2.53. The number of carbonyl (C=O) groups is 2. The fraction of sp³-hybridized carbons (Fsp3) is 0.867. The Hall–Kier alpha value is -1.10. The highest BCUT2D eigenvalue weighted by Crippen LogP contribution is 2.24. The summed E-state index contributed by atoms with van der Waals surface area (Å²) in [5.74, 6) is 0.422. The van der Waals surface area contributed by atoms with Crippen LogP contribution >= 0.6 is 0 Å². The van der Waals surface area contributed by atoms with Gasteiger partial charge in [0.2, 0.25) is 5.91 Å². The van der Waals surface area contributed by atoms with Crippen molar-refractivity contribution in [2.75, 3.05) is 20.2 Å². The Balaban J connectivity index is 2.03. The molecule has 0 aromatic carbocycles. The first-order chi connectivity index (χ1) is 9.67. The van der Waals surface area contributed by atoms with Crippen LogP contribution in [0.15, 0.2) is 0 Å². The van der Waals surface area contributed by atoms with E-state index < -0.39 is 0 Å². The van der Waals surface area contributed by atoms with E-state index >= 15 is 0 Å². The number of carbonyl (C=O) groups excluding carboxylic acids is 2. The molecule has 1 amide bonds. The van der Waals surface area contributed by atoms with Crippen LogP contribution in [-0.4, -0.2) is 49.1 Å². The zero-order valence-electron chi connectivity index (χ0n) is 12.6. The van der Waals surface area contributed by atoms with Crippen LogP contribution in [0.25, 0.3) is 0 Å². The molecule has 3 atom stereocenters. The number of nitrogens with one attached hydrogen (secondary N) is 1. The van der Waals surface area contributed by atoms with Gasteiger partial charge in [-0.15, -0.1) is 0 Å². The van der Waals surface area contributed by atoms with E-state index in [1.165, 1.54) is 7.11 Å². The zero-order valence-corrected chi connectivity index (χ0v) is 12.6. The first-order valence-electron chi connectivity index (χ1n) is 7.79. The molecule has 0 bridgehead atoms. The van der Waals surface area contributed by atoms with Gasteiger partial charge >= 0.3 is 5.97 Å². The Labute approximate surface area is 121 Å². The molecule has 2 saturated heterocycles. The van der Waals surface area contributed by atoms with Crippen LogP contribution in [0, 0.1) is 5.92 Å². The molecule has 5 heteroatoms. The second-order valence-corrected chi connectivity index (χ2v) is 5.87. The maximum absolute atomic E-state index is 12.7. The van der Waals surface area contributed by atoms with Crippen molar-refractivity contribution in [1.82, 2.24) is 10.2 Å². The predicted molar refractivity (Wildman–Crippen MR) is 76.2 cm³/mol. The maximum Gasteiger partial charge on any atom is 0.328 e. The molecule has 5 nitrogen and oxygen atoms in total. The van der Waals surface area contributed by atoms with Crippen molar-refractivity contribution in [2.45, 2.75) is 57.5 Å². The lowest BCUT2D eigenvalue weighted by Gasteiger charge is -2.38. The van der Waals surface area contributed by atoms with Crippen LogP contribution in [0.1, 0.15) is 45.4 Å². The number of hydrogen-bond acceptors (Lipinski definition) is 4. The molecule has 0 aromatic rings. The second kappa shape index (κ2) is 7.07. The summed E-state index contributed by atoms with van der Waals surface area (Å²) in [6.07, 6.45) is 5.83. The molecule has 0 saturated carbocycles. The van der Waals surface area contributed by atoms with Crippen LogP contribution in [0.5, 0.6) is 0 Å². The minimum atomic E-state index is -0.384. The third-order valence-electron chi connectivity index (χ3n) is 4.65. The lowest BCUT2D eigenvalue weighted by Crippen LogP contribution is -2.56. The summed E-state index contributed by atoms with van der Waals surface area (Å²) in [4.78, 5) is 26.3. The van der Waals surface area contributed by atoms with Gasteiger partial charge < -0.3 is 15.0 Å². The summed E-state index contributed by atoms with van der Waals surface area (Å²) < 4.78 is 4.85. The SMILES string of the molecule is CCC1CCNC(C(=O)N2CCCCC2C(=O)OC)C1. The summed E-state index contributed by atoms with van der Waals surface area (Å²) in [5.41, 5.74) is 0. The quantitative estimate of drug-likeness (QED) is 0.793. The molecule has 1 N–H and O–H groups in total. The zero-order chi connectivity index (χ0) is 14.5. The maximum atomic E-state index is 12.7. The Morgan fingerprint density at radius 2 is 2.10 bits per heavy atom. The smallest absolute Gasteiger partial charge is 0.328 e. The normalized spacial score (nSPS) is 30.9. The summed E-state index contributed by atoms with van der Waals surface area (Å²) >= 11 is 0. The standard InChI is InChI=1S/C15H26N2O3/c1-3-11-7-8-16-12(10-11)14(18)17-9-5-4-6-13(17)15(19)20-2/h11-13,16H,3-10H2,1-2H3. The Kier molecular flexibility index (Phi) is 5.40. The average molecular weight is 282 g/mol. The molecule has 0 spiro atoms. The number of esters is 1. The van der Waals surface area contributed by atoms with Gasteiger partial charge in [-0.05, 0) is 44.6 Å². The Bertz CT molecular complexity index is 359. The second-order valence-electron chi connectivity index (χ2n) is 5.87. The van der Waals surface area contributed by atoms with E-state index in [1.54, 1.807) is 4.90 Å². The lowest BCUT2D eigenvalue weighted by molar-refractivity contribution is -0.155. The molecule has 0 aliphatic carbocycles. The number of piperidine rings is 2. The molecule has 114 valence electrons. The largest absolute Gasteiger partial charge is 0.467 e. The van der Waals surface area contributed by atoms with E-state index in [0.717, 1.165) is 45.1 Å². The minimum absolute atomic E-state index is 0.0817. The van der Waals surface area contributed by atoms with Crippen LogP contribution in [0.4, 0.5) is 0 Å². The molecule has 2 aliphatic heterocycles. The van der Waals surface area contributed by atoms with E-state index in [4.69, 9.17) is 4.74 Å². The molecule has 2 rings (SSSR count). The minimum Gasteiger partial charge on any atom is -0.467 e. The highest BCUT2D eigenvalue weighted by Gasteiger charge is 2.37. The van der Waals surface area contributed by atoms with Gasteiger partial charge in [-0.1, -0.05) is 13.3 Å². The number of hydrogen-bond donors (Lipinski definition) is 1. The monoisotopic (exact) mass is 282 g/mol. The lowest BCUT2D eigenvalue weighted by atomic mass is 9.89.